The molecular weight excluding hydrogens is 408 g/mol. The van der Waals surface area contributed by atoms with Gasteiger partial charge in [0.1, 0.15) is 16.9 Å². The number of hydrogen-bond acceptors (Lipinski definition) is 8. The van der Waals surface area contributed by atoms with Crippen molar-refractivity contribution in [3.05, 3.63) is 47.8 Å². The van der Waals surface area contributed by atoms with E-state index in [4.69, 9.17) is 19.2 Å². The van der Waals surface area contributed by atoms with Crippen molar-refractivity contribution in [2.75, 3.05) is 34.4 Å². The topological polar surface area (TPSA) is 89.8 Å². The molecule has 1 aliphatic carbocycles. The number of para-hydroxylation sites is 1. The van der Waals surface area contributed by atoms with Gasteiger partial charge in [-0.25, -0.2) is 9.97 Å². The highest BCUT2D eigenvalue weighted by atomic mass is 16.5. The van der Waals surface area contributed by atoms with Gasteiger partial charge in [-0.1, -0.05) is 18.2 Å². The molecule has 1 saturated heterocycles. The summed E-state index contributed by atoms with van der Waals surface area (Å²) >= 11 is 0. The van der Waals surface area contributed by atoms with Gasteiger partial charge >= 0.3 is 6.01 Å². The van der Waals surface area contributed by atoms with Gasteiger partial charge in [0.15, 0.2) is 0 Å². The Morgan fingerprint density at radius 1 is 1.06 bits per heavy atom. The maximum atomic E-state index is 11.7. The van der Waals surface area contributed by atoms with Crippen molar-refractivity contribution in [3.63, 3.8) is 0 Å². The van der Waals surface area contributed by atoms with E-state index in [9.17, 15) is 5.11 Å². The molecule has 0 spiro atoms. The number of ether oxygens (including phenoxy) is 3. The third-order valence-electron chi connectivity index (χ3n) is 6.95. The summed E-state index contributed by atoms with van der Waals surface area (Å²) in [5.41, 5.74) is 1.50. The van der Waals surface area contributed by atoms with Gasteiger partial charge in [-0.05, 0) is 30.9 Å². The lowest BCUT2D eigenvalue weighted by Crippen LogP contribution is -2.35. The maximum absolute atomic E-state index is 11.7. The highest BCUT2D eigenvalue weighted by Gasteiger charge is 2.53. The number of fused-ring (bicyclic) bond motifs is 2. The zero-order chi connectivity index (χ0) is 22.3. The van der Waals surface area contributed by atoms with Crippen LogP contribution in [-0.4, -0.2) is 59.4 Å². The van der Waals surface area contributed by atoms with Crippen LogP contribution in [0.1, 0.15) is 24.1 Å². The van der Waals surface area contributed by atoms with Crippen LogP contribution in [0.2, 0.25) is 0 Å². The zero-order valence-corrected chi connectivity index (χ0v) is 18.6. The van der Waals surface area contributed by atoms with Crippen LogP contribution in [0.4, 0.5) is 0 Å². The first-order chi connectivity index (χ1) is 15.6. The molecule has 1 aromatic carbocycles. The Labute approximate surface area is 187 Å². The predicted molar refractivity (Wildman–Crippen MR) is 119 cm³/mol. The van der Waals surface area contributed by atoms with Crippen molar-refractivity contribution in [2.24, 2.45) is 11.8 Å². The molecule has 3 atom stereocenters. The van der Waals surface area contributed by atoms with Crippen LogP contribution in [0, 0.1) is 11.8 Å². The minimum atomic E-state index is -1.02. The Balaban J connectivity index is 1.38. The fourth-order valence-electron chi connectivity index (χ4n) is 5.39. The standard InChI is InChI=1S/C24H28N4O4/c1-30-20-6-4-5-15-7-8-17(26-21(15)20)13-28-12-16-9-10-24(29,19(16)14-28)18-11-25-23(32-3)27-22(18)31-2/h4-8,11,16,19,29H,9-10,12-14H2,1-3H3/t16-,19+,24+/m0/s1. The number of pyridine rings is 1. The van der Waals surface area contributed by atoms with Gasteiger partial charge in [0.05, 0.1) is 32.6 Å². The molecule has 8 nitrogen and oxygen atoms in total. The lowest BCUT2D eigenvalue weighted by molar-refractivity contribution is -0.00976. The fourth-order valence-corrected chi connectivity index (χ4v) is 5.39. The maximum Gasteiger partial charge on any atom is 0.319 e. The molecule has 8 heteroatoms. The number of hydrogen-bond donors (Lipinski definition) is 1. The van der Waals surface area contributed by atoms with E-state index in [1.54, 1.807) is 20.4 Å². The van der Waals surface area contributed by atoms with Crippen molar-refractivity contribution in [1.29, 1.82) is 0 Å². The van der Waals surface area contributed by atoms with Crippen LogP contribution in [-0.2, 0) is 12.1 Å². The molecule has 3 aromatic rings. The lowest BCUT2D eigenvalue weighted by atomic mass is 9.83. The fraction of sp³-hybridized carbons (Fsp3) is 0.458. The highest BCUT2D eigenvalue weighted by Crippen LogP contribution is 2.52. The molecule has 0 radical (unpaired) electrons. The molecule has 2 aromatic heterocycles. The average Bonchev–Trinajstić information content (AvgIpc) is 3.37. The molecule has 0 bridgehead atoms. The summed E-state index contributed by atoms with van der Waals surface area (Å²) in [6, 6.07) is 10.3. The second-order valence-corrected chi connectivity index (χ2v) is 8.64. The summed E-state index contributed by atoms with van der Waals surface area (Å²) in [4.78, 5) is 15.8. The van der Waals surface area contributed by atoms with Gasteiger partial charge in [0.25, 0.3) is 0 Å². The highest BCUT2D eigenvalue weighted by molar-refractivity contribution is 5.84. The molecule has 3 heterocycles. The third-order valence-corrected chi connectivity index (χ3v) is 6.95. The minimum Gasteiger partial charge on any atom is -0.494 e. The molecule has 1 N–H and O–H groups in total. The van der Waals surface area contributed by atoms with Crippen molar-refractivity contribution in [1.82, 2.24) is 19.9 Å². The van der Waals surface area contributed by atoms with Gasteiger partial charge < -0.3 is 19.3 Å². The van der Waals surface area contributed by atoms with Crippen molar-refractivity contribution >= 4 is 10.9 Å². The van der Waals surface area contributed by atoms with E-state index in [0.29, 0.717) is 23.8 Å². The van der Waals surface area contributed by atoms with E-state index in [0.717, 1.165) is 48.4 Å². The molecule has 32 heavy (non-hydrogen) atoms. The zero-order valence-electron chi connectivity index (χ0n) is 18.6. The van der Waals surface area contributed by atoms with Gasteiger partial charge in [-0.3, -0.25) is 4.90 Å². The molecule has 2 aliphatic rings. The van der Waals surface area contributed by atoms with Crippen LogP contribution in [0.15, 0.2) is 36.5 Å². The molecule has 0 unspecified atom stereocenters. The summed E-state index contributed by atoms with van der Waals surface area (Å²) in [5, 5.41) is 12.8. The van der Waals surface area contributed by atoms with E-state index >= 15 is 0 Å². The number of aliphatic hydroxyl groups is 1. The Kier molecular flexibility index (Phi) is 5.35. The Morgan fingerprint density at radius 3 is 2.72 bits per heavy atom. The lowest BCUT2D eigenvalue weighted by Gasteiger charge is -2.31. The molecule has 1 aliphatic heterocycles. The van der Waals surface area contributed by atoms with Crippen LogP contribution in [0.5, 0.6) is 17.6 Å². The average molecular weight is 437 g/mol. The van der Waals surface area contributed by atoms with Crippen LogP contribution < -0.4 is 14.2 Å². The first kappa shape index (κ1) is 20.9. The number of methoxy groups -OCH3 is 3. The summed E-state index contributed by atoms with van der Waals surface area (Å²) in [6.45, 7) is 2.44. The number of likely N-dealkylation sites (tertiary alicyclic amines) is 1. The Morgan fingerprint density at radius 2 is 1.94 bits per heavy atom. The first-order valence-corrected chi connectivity index (χ1v) is 10.9. The van der Waals surface area contributed by atoms with Crippen LogP contribution >= 0.6 is 0 Å². The predicted octanol–water partition coefficient (Wildman–Crippen LogP) is 2.78. The number of nitrogens with zero attached hydrogens (tertiary/aromatic N) is 4. The molecule has 1 saturated carbocycles. The van der Waals surface area contributed by atoms with E-state index in [-0.39, 0.29) is 11.9 Å². The molecule has 2 fully saturated rings. The van der Waals surface area contributed by atoms with Crippen molar-refractivity contribution in [3.8, 4) is 17.6 Å². The van der Waals surface area contributed by atoms with Gasteiger partial charge in [0, 0.05) is 37.1 Å². The summed E-state index contributed by atoms with van der Waals surface area (Å²) in [6.07, 6.45) is 3.27. The quantitative estimate of drug-likeness (QED) is 0.631. The minimum absolute atomic E-state index is 0.0865. The second-order valence-electron chi connectivity index (χ2n) is 8.64. The molecule has 0 amide bonds. The number of rotatable bonds is 6. The monoisotopic (exact) mass is 436 g/mol. The number of benzene rings is 1. The van der Waals surface area contributed by atoms with Crippen LogP contribution in [0.3, 0.4) is 0 Å². The summed E-state index contributed by atoms with van der Waals surface area (Å²) in [5.74, 6) is 1.65. The van der Waals surface area contributed by atoms with Crippen molar-refractivity contribution < 1.29 is 19.3 Å². The van der Waals surface area contributed by atoms with E-state index in [1.165, 1.54) is 7.11 Å². The normalized spacial score (nSPS) is 25.1. The summed E-state index contributed by atoms with van der Waals surface area (Å²) in [7, 11) is 4.74. The SMILES string of the molecule is COc1ncc([C@]2(O)CC[C@H]3CN(Cc4ccc5cccc(OC)c5n4)C[C@H]32)c(OC)n1. The van der Waals surface area contributed by atoms with Gasteiger partial charge in [-0.15, -0.1) is 0 Å². The van der Waals surface area contributed by atoms with Crippen molar-refractivity contribution in [2.45, 2.75) is 25.0 Å². The van der Waals surface area contributed by atoms with E-state index in [2.05, 4.69) is 27.0 Å². The Bertz CT molecular complexity index is 1140. The molecular formula is C24H28N4O4. The van der Waals surface area contributed by atoms with E-state index < -0.39 is 5.60 Å². The summed E-state index contributed by atoms with van der Waals surface area (Å²) < 4.78 is 16.1. The first-order valence-electron chi connectivity index (χ1n) is 10.9. The largest absolute Gasteiger partial charge is 0.494 e. The van der Waals surface area contributed by atoms with E-state index in [1.807, 2.05) is 18.2 Å². The Hall–Kier alpha value is -2.97. The van der Waals surface area contributed by atoms with Gasteiger partial charge in [0.2, 0.25) is 5.88 Å². The molecule has 5 rings (SSSR count). The van der Waals surface area contributed by atoms with Gasteiger partial charge in [-0.2, -0.15) is 4.98 Å². The third kappa shape index (κ3) is 3.43. The molecule has 168 valence electrons. The van der Waals surface area contributed by atoms with Crippen LogP contribution in [0.25, 0.3) is 10.9 Å². The smallest absolute Gasteiger partial charge is 0.319 e. The number of aromatic nitrogens is 3. The second kappa shape index (κ2) is 8.18.